The Morgan fingerprint density at radius 3 is 0.905 bits per heavy atom. The van der Waals surface area contributed by atoms with Crippen LogP contribution in [0.4, 0.5) is 0 Å². The monoisotopic (exact) mass is 419 g/mol. The third kappa shape index (κ3) is 4.54. The predicted molar refractivity (Wildman–Crippen MR) is 87.2 cm³/mol. The van der Waals surface area contributed by atoms with Gasteiger partial charge in [0.15, 0.2) is 14.7 Å². The fraction of sp³-hybridized carbons (Fsp3) is 0. The summed E-state index contributed by atoms with van der Waals surface area (Å²) < 4.78 is 0. The molecule has 0 bridgehead atoms. The summed E-state index contributed by atoms with van der Waals surface area (Å²) in [7, 11) is -0.0146. The topological polar surface area (TPSA) is 0 Å². The molecule has 0 aliphatic heterocycles. The van der Waals surface area contributed by atoms with Gasteiger partial charge in [0.2, 0.25) is 0 Å². The van der Waals surface area contributed by atoms with Crippen LogP contribution in [0, 0.1) is 0 Å². The van der Waals surface area contributed by atoms with E-state index in [1.807, 2.05) is 0 Å². The third-order valence-corrected chi connectivity index (χ3v) is 5.17. The zero-order chi connectivity index (χ0) is 12.9. The van der Waals surface area contributed by atoms with Crippen molar-refractivity contribution in [3.8, 4) is 0 Å². The van der Waals surface area contributed by atoms with E-state index in [0.29, 0.717) is 0 Å². The maximum atomic E-state index is 2.21. The van der Waals surface area contributed by atoms with E-state index in [0.717, 1.165) is 0 Å². The molecule has 0 saturated heterocycles. The van der Waals surface area contributed by atoms with Gasteiger partial charge in [0.05, 0.1) is 10.9 Å². The molecule has 0 fully saturated rings. The maximum absolute atomic E-state index is 2.21. The quantitative estimate of drug-likeness (QED) is 0.444. The summed E-state index contributed by atoms with van der Waals surface area (Å²) in [5.41, 5.74) is 0. The molecule has 0 atom stereocenters. The molecule has 0 heterocycles. The average molecular weight is 421 g/mol. The van der Waals surface area contributed by atoms with Crippen LogP contribution in [0.5, 0.6) is 0 Å². The third-order valence-electron chi connectivity index (χ3n) is 2.94. The SMILES string of the molecule is [Cl-].[Sb].c1ccc([S+](c2ccccc2)c2ccccc2)cc1. The first-order valence-electron chi connectivity index (χ1n) is 6.34. The van der Waals surface area contributed by atoms with Crippen LogP contribution in [0.2, 0.25) is 0 Å². The van der Waals surface area contributed by atoms with Crippen molar-refractivity contribution in [1.82, 2.24) is 0 Å². The number of benzene rings is 3. The van der Waals surface area contributed by atoms with Crippen molar-refractivity contribution in [2.75, 3.05) is 0 Å². The minimum Gasteiger partial charge on any atom is -1.00 e. The van der Waals surface area contributed by atoms with Crippen LogP contribution < -0.4 is 12.4 Å². The van der Waals surface area contributed by atoms with Crippen molar-refractivity contribution in [3.63, 3.8) is 0 Å². The van der Waals surface area contributed by atoms with Crippen LogP contribution in [-0.4, -0.2) is 24.4 Å². The van der Waals surface area contributed by atoms with E-state index in [4.69, 9.17) is 0 Å². The van der Waals surface area contributed by atoms with Gasteiger partial charge in [-0.3, -0.25) is 0 Å². The van der Waals surface area contributed by atoms with Gasteiger partial charge in [-0.1, -0.05) is 54.6 Å². The zero-order valence-corrected chi connectivity index (χ0v) is 15.5. The molecule has 0 aliphatic carbocycles. The first-order chi connectivity index (χ1) is 9.45. The van der Waals surface area contributed by atoms with E-state index < -0.39 is 0 Å². The van der Waals surface area contributed by atoms with Crippen LogP contribution in [0.15, 0.2) is 106 Å². The van der Waals surface area contributed by atoms with Gasteiger partial charge in [0, 0.05) is 24.4 Å². The molecule has 3 aromatic rings. The Kier molecular flexibility index (Phi) is 7.96. The molecular formula is C18H15ClSSb. The molecule has 0 aliphatic rings. The van der Waals surface area contributed by atoms with Gasteiger partial charge in [-0.15, -0.1) is 0 Å². The van der Waals surface area contributed by atoms with Gasteiger partial charge in [0.25, 0.3) is 0 Å². The summed E-state index contributed by atoms with van der Waals surface area (Å²) in [6, 6.07) is 32.2. The largest absolute Gasteiger partial charge is 1.00 e. The zero-order valence-electron chi connectivity index (χ0n) is 11.4. The molecule has 105 valence electrons. The van der Waals surface area contributed by atoms with E-state index >= 15 is 0 Å². The number of halogens is 1. The first-order valence-corrected chi connectivity index (χ1v) is 7.57. The summed E-state index contributed by atoms with van der Waals surface area (Å²) >= 11 is 0. The molecule has 3 rings (SSSR count). The Labute approximate surface area is 152 Å². The standard InChI is InChI=1S/C18H15S.ClH.Sb/c1-4-10-16(11-5-1)19(17-12-6-2-7-13-17)18-14-8-3-9-15-18;;/h1-15H;1H;/q+1;;/p-1. The summed E-state index contributed by atoms with van der Waals surface area (Å²) in [6.07, 6.45) is 0. The molecule has 0 spiro atoms. The van der Waals surface area contributed by atoms with Crippen LogP contribution in [0.25, 0.3) is 0 Å². The van der Waals surface area contributed by atoms with E-state index in [9.17, 15) is 0 Å². The van der Waals surface area contributed by atoms with Crippen LogP contribution in [0.1, 0.15) is 0 Å². The number of hydrogen-bond donors (Lipinski definition) is 0. The van der Waals surface area contributed by atoms with E-state index in [-0.39, 0.29) is 47.7 Å². The second-order valence-corrected chi connectivity index (χ2v) is 6.27. The fourth-order valence-corrected chi connectivity index (χ4v) is 4.18. The Bertz CT molecular complexity index is 535. The van der Waals surface area contributed by atoms with Gasteiger partial charge in [-0.2, -0.15) is 0 Å². The predicted octanol–water partition coefficient (Wildman–Crippen LogP) is 1.41. The average Bonchev–Trinajstić information content (AvgIpc) is 2.51. The number of rotatable bonds is 3. The Morgan fingerprint density at radius 1 is 0.429 bits per heavy atom. The molecular weight excluding hydrogens is 405 g/mol. The second kappa shape index (κ2) is 9.20. The van der Waals surface area contributed by atoms with Crippen LogP contribution in [0.3, 0.4) is 0 Å². The van der Waals surface area contributed by atoms with Gasteiger partial charge in [-0.25, -0.2) is 0 Å². The molecule has 3 heteroatoms. The van der Waals surface area contributed by atoms with Crippen molar-refractivity contribution in [2.45, 2.75) is 14.7 Å². The van der Waals surface area contributed by atoms with Gasteiger partial charge in [-0.05, 0) is 36.4 Å². The molecule has 0 amide bonds. The Balaban J connectivity index is 0.00000110. The summed E-state index contributed by atoms with van der Waals surface area (Å²) in [6.45, 7) is 0. The minimum atomic E-state index is -0.0146. The van der Waals surface area contributed by atoms with Crippen molar-refractivity contribution in [2.24, 2.45) is 0 Å². The Hall–Kier alpha value is -0.882. The van der Waals surface area contributed by atoms with E-state index in [1.54, 1.807) is 0 Å². The first kappa shape index (κ1) is 18.2. The van der Waals surface area contributed by atoms with Gasteiger partial charge in [0.1, 0.15) is 0 Å². The maximum Gasteiger partial charge on any atom is 0.166 e. The minimum absolute atomic E-state index is 0. The normalized spacial score (nSPS) is 9.57. The molecule has 0 unspecified atom stereocenters. The smallest absolute Gasteiger partial charge is 0.166 e. The molecule has 21 heavy (non-hydrogen) atoms. The van der Waals surface area contributed by atoms with Gasteiger partial charge >= 0.3 is 0 Å². The Morgan fingerprint density at radius 2 is 0.667 bits per heavy atom. The summed E-state index contributed by atoms with van der Waals surface area (Å²) in [5, 5.41) is 0. The molecule has 0 saturated carbocycles. The number of hydrogen-bond acceptors (Lipinski definition) is 0. The summed E-state index contributed by atoms with van der Waals surface area (Å²) in [5.74, 6) is 0. The molecule has 0 N–H and O–H groups in total. The van der Waals surface area contributed by atoms with Gasteiger partial charge < -0.3 is 12.4 Å². The van der Waals surface area contributed by atoms with Crippen LogP contribution >= 0.6 is 0 Å². The van der Waals surface area contributed by atoms with Crippen molar-refractivity contribution >= 4 is 35.3 Å². The molecule has 3 radical (unpaired) electrons. The molecule has 0 nitrogen and oxygen atoms in total. The van der Waals surface area contributed by atoms with Crippen molar-refractivity contribution < 1.29 is 12.4 Å². The van der Waals surface area contributed by atoms with E-state index in [1.165, 1.54) is 14.7 Å². The summed E-state index contributed by atoms with van der Waals surface area (Å²) in [4.78, 5) is 4.08. The van der Waals surface area contributed by atoms with Crippen molar-refractivity contribution in [1.29, 1.82) is 0 Å². The fourth-order valence-electron chi connectivity index (χ4n) is 2.08. The van der Waals surface area contributed by atoms with Crippen LogP contribution in [-0.2, 0) is 10.9 Å². The second-order valence-electron chi connectivity index (χ2n) is 4.25. The molecule has 3 aromatic carbocycles. The van der Waals surface area contributed by atoms with E-state index in [2.05, 4.69) is 91.0 Å². The van der Waals surface area contributed by atoms with Crippen molar-refractivity contribution in [3.05, 3.63) is 91.0 Å². The molecule has 0 aromatic heterocycles.